The van der Waals surface area contributed by atoms with Crippen molar-refractivity contribution in [3.63, 3.8) is 0 Å². The van der Waals surface area contributed by atoms with Crippen LogP contribution in [-0.2, 0) is 6.42 Å². The van der Waals surface area contributed by atoms with E-state index in [0.717, 1.165) is 20.2 Å². The van der Waals surface area contributed by atoms with Crippen molar-refractivity contribution in [2.45, 2.75) is 12.5 Å². The van der Waals surface area contributed by atoms with Crippen molar-refractivity contribution >= 4 is 54.8 Å². The van der Waals surface area contributed by atoms with E-state index >= 15 is 0 Å². The molecule has 0 aliphatic rings. The van der Waals surface area contributed by atoms with Crippen molar-refractivity contribution < 1.29 is 0 Å². The Morgan fingerprint density at radius 1 is 1.24 bits per heavy atom. The summed E-state index contributed by atoms with van der Waals surface area (Å²) >= 11 is 14.6. The minimum absolute atomic E-state index is 0.0221. The molecule has 0 radical (unpaired) electrons. The van der Waals surface area contributed by atoms with Gasteiger partial charge >= 0.3 is 0 Å². The van der Waals surface area contributed by atoms with Crippen LogP contribution in [0.4, 0.5) is 0 Å². The molecule has 0 saturated carbocycles. The van der Waals surface area contributed by atoms with E-state index in [4.69, 9.17) is 17.3 Å². The smallest absolute Gasteiger partial charge is 0.0701 e. The average Bonchev–Trinajstić information content (AvgIpc) is 2.68. The molecule has 2 aromatic rings. The molecule has 1 aromatic heterocycles. The Hall–Kier alpha value is 0.130. The summed E-state index contributed by atoms with van der Waals surface area (Å²) < 4.78 is 2.03. The third kappa shape index (κ3) is 3.55. The highest BCUT2D eigenvalue weighted by atomic mass is 79.9. The van der Waals surface area contributed by atoms with E-state index in [1.54, 1.807) is 11.3 Å². The van der Waals surface area contributed by atoms with E-state index in [0.29, 0.717) is 5.02 Å². The lowest BCUT2D eigenvalue weighted by Crippen LogP contribution is -2.12. The fourth-order valence-corrected chi connectivity index (χ4v) is 3.52. The monoisotopic (exact) mass is 393 g/mol. The third-order valence-corrected chi connectivity index (χ3v) is 5.30. The number of rotatable bonds is 3. The molecule has 0 fully saturated rings. The zero-order chi connectivity index (χ0) is 12.4. The summed E-state index contributed by atoms with van der Waals surface area (Å²) in [5, 5.41) is 0.699. The lowest BCUT2D eigenvalue weighted by atomic mass is 10.0. The molecule has 2 rings (SSSR count). The highest BCUT2D eigenvalue weighted by Crippen LogP contribution is 2.29. The van der Waals surface area contributed by atoms with Gasteiger partial charge in [0.25, 0.3) is 0 Å². The summed E-state index contributed by atoms with van der Waals surface area (Å²) in [7, 11) is 0. The summed E-state index contributed by atoms with van der Waals surface area (Å²) in [6.45, 7) is 0. The van der Waals surface area contributed by atoms with Crippen LogP contribution in [0.25, 0.3) is 0 Å². The topological polar surface area (TPSA) is 26.0 Å². The maximum Gasteiger partial charge on any atom is 0.0701 e. The summed E-state index contributed by atoms with van der Waals surface area (Å²) in [4.78, 5) is 1.27. The minimum atomic E-state index is -0.0221. The Morgan fingerprint density at radius 2 is 2.00 bits per heavy atom. The predicted molar refractivity (Wildman–Crippen MR) is 81.8 cm³/mol. The van der Waals surface area contributed by atoms with Gasteiger partial charge in [-0.1, -0.05) is 17.7 Å². The van der Waals surface area contributed by atoms with Gasteiger partial charge in [0, 0.05) is 21.8 Å². The molecule has 1 aromatic carbocycles. The van der Waals surface area contributed by atoms with E-state index < -0.39 is 0 Å². The molecule has 90 valence electrons. The van der Waals surface area contributed by atoms with Crippen molar-refractivity contribution in [3.8, 4) is 0 Å². The maximum atomic E-state index is 6.17. The van der Waals surface area contributed by atoms with Crippen LogP contribution in [0, 0.1) is 0 Å². The maximum absolute atomic E-state index is 6.17. The van der Waals surface area contributed by atoms with Gasteiger partial charge in [-0.15, -0.1) is 11.3 Å². The molecule has 0 saturated heterocycles. The molecule has 0 aliphatic heterocycles. The lowest BCUT2D eigenvalue weighted by Gasteiger charge is -2.11. The highest BCUT2D eigenvalue weighted by Gasteiger charge is 2.10. The second kappa shape index (κ2) is 5.85. The number of hydrogen-bond donors (Lipinski definition) is 1. The van der Waals surface area contributed by atoms with Gasteiger partial charge in [0.1, 0.15) is 0 Å². The van der Waals surface area contributed by atoms with Crippen LogP contribution in [0.15, 0.2) is 38.6 Å². The molecule has 0 aliphatic carbocycles. The van der Waals surface area contributed by atoms with Crippen LogP contribution < -0.4 is 5.73 Å². The van der Waals surface area contributed by atoms with Crippen LogP contribution in [0.5, 0.6) is 0 Å². The fourth-order valence-electron chi connectivity index (χ4n) is 1.54. The Labute approximate surface area is 126 Å². The largest absolute Gasteiger partial charge is 0.324 e. The molecule has 5 heteroatoms. The molecule has 17 heavy (non-hydrogen) atoms. The molecular weight excluding hydrogens is 385 g/mol. The van der Waals surface area contributed by atoms with Crippen molar-refractivity contribution in [2.24, 2.45) is 5.73 Å². The molecule has 1 nitrogen and oxygen atoms in total. The molecule has 1 atom stereocenters. The van der Waals surface area contributed by atoms with E-state index in [1.807, 2.05) is 24.3 Å². The minimum Gasteiger partial charge on any atom is -0.324 e. The fraction of sp³-hybridized carbons (Fsp3) is 0.167. The van der Waals surface area contributed by atoms with Crippen LogP contribution in [-0.4, -0.2) is 0 Å². The van der Waals surface area contributed by atoms with Crippen molar-refractivity contribution in [1.29, 1.82) is 0 Å². The lowest BCUT2D eigenvalue weighted by molar-refractivity contribution is 0.730. The van der Waals surface area contributed by atoms with Crippen molar-refractivity contribution in [2.75, 3.05) is 0 Å². The molecular formula is C12H10Br2ClNS. The number of halogens is 3. The second-order valence-electron chi connectivity index (χ2n) is 3.69. The molecule has 1 heterocycles. The van der Waals surface area contributed by atoms with Crippen LogP contribution >= 0.6 is 54.8 Å². The molecule has 1 unspecified atom stereocenters. The Balaban J connectivity index is 2.14. The Bertz CT molecular complexity index is 527. The van der Waals surface area contributed by atoms with Gasteiger partial charge in [0.15, 0.2) is 0 Å². The summed E-state index contributed by atoms with van der Waals surface area (Å²) in [6, 6.07) is 9.96. The summed E-state index contributed by atoms with van der Waals surface area (Å²) in [5.74, 6) is 0. The first-order chi connectivity index (χ1) is 8.06. The highest BCUT2D eigenvalue weighted by molar-refractivity contribution is 9.11. The van der Waals surface area contributed by atoms with Gasteiger partial charge in [0.2, 0.25) is 0 Å². The SMILES string of the molecule is NC(Cc1ccc(Br)s1)c1ccc(Br)c(Cl)c1. The first kappa shape index (κ1) is 13.6. The van der Waals surface area contributed by atoms with Crippen molar-refractivity contribution in [3.05, 3.63) is 54.1 Å². The van der Waals surface area contributed by atoms with Gasteiger partial charge in [-0.3, -0.25) is 0 Å². The van der Waals surface area contributed by atoms with Crippen LogP contribution in [0.1, 0.15) is 16.5 Å². The summed E-state index contributed by atoms with van der Waals surface area (Å²) in [6.07, 6.45) is 0.828. The van der Waals surface area contributed by atoms with E-state index in [9.17, 15) is 0 Å². The van der Waals surface area contributed by atoms with Gasteiger partial charge < -0.3 is 5.73 Å². The van der Waals surface area contributed by atoms with Gasteiger partial charge in [-0.25, -0.2) is 0 Å². The predicted octanol–water partition coefficient (Wildman–Crippen LogP) is 5.17. The molecule has 0 bridgehead atoms. The first-order valence-corrected chi connectivity index (χ1v) is 7.79. The zero-order valence-corrected chi connectivity index (χ0v) is 13.5. The van der Waals surface area contributed by atoms with Crippen LogP contribution in [0.3, 0.4) is 0 Å². The van der Waals surface area contributed by atoms with E-state index in [1.165, 1.54) is 4.88 Å². The number of thiophene rings is 1. The van der Waals surface area contributed by atoms with Gasteiger partial charge in [-0.2, -0.15) is 0 Å². The zero-order valence-electron chi connectivity index (χ0n) is 8.79. The Kier molecular flexibility index (Phi) is 4.66. The van der Waals surface area contributed by atoms with Crippen LogP contribution in [0.2, 0.25) is 5.02 Å². The van der Waals surface area contributed by atoms with Crippen molar-refractivity contribution in [1.82, 2.24) is 0 Å². The first-order valence-electron chi connectivity index (χ1n) is 5.01. The standard InChI is InChI=1S/C12H10Br2ClNS/c13-9-3-1-7(5-10(9)15)11(16)6-8-2-4-12(14)17-8/h1-5,11H,6,16H2. The quantitative estimate of drug-likeness (QED) is 0.762. The second-order valence-corrected chi connectivity index (χ2v) is 7.50. The average molecular weight is 396 g/mol. The number of nitrogens with two attached hydrogens (primary N) is 1. The molecule has 2 N–H and O–H groups in total. The number of benzene rings is 1. The van der Waals surface area contributed by atoms with Gasteiger partial charge in [0.05, 0.1) is 8.81 Å². The molecule has 0 spiro atoms. The number of hydrogen-bond acceptors (Lipinski definition) is 2. The van der Waals surface area contributed by atoms with Gasteiger partial charge in [-0.05, 0) is 61.7 Å². The molecule has 0 amide bonds. The van der Waals surface area contributed by atoms with E-state index in [2.05, 4.69) is 37.9 Å². The Morgan fingerprint density at radius 3 is 2.59 bits per heavy atom. The summed E-state index contributed by atoms with van der Waals surface area (Å²) in [5.41, 5.74) is 7.23. The normalized spacial score (nSPS) is 12.7. The van der Waals surface area contributed by atoms with E-state index in [-0.39, 0.29) is 6.04 Å². The third-order valence-electron chi connectivity index (χ3n) is 2.42.